The zero-order chi connectivity index (χ0) is 22.1. The zero-order valence-corrected chi connectivity index (χ0v) is 18.5. The molecule has 31 heavy (non-hydrogen) atoms. The van der Waals surface area contributed by atoms with E-state index in [-0.39, 0.29) is 18.6 Å². The Morgan fingerprint density at radius 2 is 1.84 bits per heavy atom. The summed E-state index contributed by atoms with van der Waals surface area (Å²) in [4.78, 5) is 32.9. The quantitative estimate of drug-likeness (QED) is 0.560. The van der Waals surface area contributed by atoms with Gasteiger partial charge >= 0.3 is 5.97 Å². The van der Waals surface area contributed by atoms with Gasteiger partial charge in [0.25, 0.3) is 0 Å². The molecule has 0 radical (unpaired) electrons. The van der Waals surface area contributed by atoms with Crippen LogP contribution in [-0.4, -0.2) is 72.7 Å². The first-order chi connectivity index (χ1) is 14.9. The number of aromatic nitrogens is 1. The number of rotatable bonds is 6. The summed E-state index contributed by atoms with van der Waals surface area (Å²) in [6.45, 7) is 10.00. The van der Waals surface area contributed by atoms with Crippen LogP contribution in [0.25, 0.3) is 0 Å². The van der Waals surface area contributed by atoms with Crippen LogP contribution in [0.1, 0.15) is 44.6 Å². The lowest BCUT2D eigenvalue weighted by molar-refractivity contribution is 0.0599. The van der Waals surface area contributed by atoms with Gasteiger partial charge in [-0.1, -0.05) is 6.07 Å². The van der Waals surface area contributed by atoms with Gasteiger partial charge in [-0.25, -0.2) is 4.79 Å². The van der Waals surface area contributed by atoms with Gasteiger partial charge in [0, 0.05) is 38.4 Å². The molecule has 1 N–H and O–H groups in total. The third-order valence-corrected chi connectivity index (χ3v) is 6.25. The highest BCUT2D eigenvalue weighted by Crippen LogP contribution is 2.33. The summed E-state index contributed by atoms with van der Waals surface area (Å²) in [5, 5.41) is 0. The number of nitrogens with one attached hydrogen (secondary N) is 1. The number of aromatic amines is 1. The van der Waals surface area contributed by atoms with Gasteiger partial charge in [0.05, 0.1) is 24.4 Å². The molecule has 1 aromatic heterocycles. The van der Waals surface area contributed by atoms with E-state index in [1.165, 1.54) is 12.7 Å². The predicted molar refractivity (Wildman–Crippen MR) is 115 cm³/mol. The van der Waals surface area contributed by atoms with Crippen molar-refractivity contribution in [1.29, 1.82) is 0 Å². The first kappa shape index (κ1) is 21.4. The number of Topliss-reactive ketones (excluding diaryl/α,β-unsaturated/α-hetero) is 1. The molecule has 0 amide bonds. The Morgan fingerprint density at radius 1 is 1.13 bits per heavy atom. The number of hydrogen-bond donors (Lipinski definition) is 1. The lowest BCUT2D eigenvalue weighted by atomic mass is 10.0. The Morgan fingerprint density at radius 3 is 2.55 bits per heavy atom. The second-order valence-corrected chi connectivity index (χ2v) is 8.16. The number of aryl methyl sites for hydroxylation is 1. The van der Waals surface area contributed by atoms with Crippen LogP contribution < -0.4 is 9.47 Å². The van der Waals surface area contributed by atoms with Crippen LogP contribution in [0.4, 0.5) is 0 Å². The monoisotopic (exact) mass is 427 g/mol. The van der Waals surface area contributed by atoms with E-state index in [1.54, 1.807) is 13.8 Å². The topological polar surface area (TPSA) is 84.1 Å². The molecule has 166 valence electrons. The molecule has 1 saturated heterocycles. The van der Waals surface area contributed by atoms with Gasteiger partial charge in [0.1, 0.15) is 0 Å². The smallest absolute Gasteiger partial charge is 0.339 e. The number of ketones is 1. The summed E-state index contributed by atoms with van der Waals surface area (Å²) in [7, 11) is 1.35. The lowest BCUT2D eigenvalue weighted by Gasteiger charge is -2.37. The van der Waals surface area contributed by atoms with E-state index in [0.717, 1.165) is 44.2 Å². The Kier molecular flexibility index (Phi) is 6.02. The highest BCUT2D eigenvalue weighted by molar-refractivity contribution is 6.03. The molecule has 0 unspecified atom stereocenters. The molecular weight excluding hydrogens is 398 g/mol. The van der Waals surface area contributed by atoms with Crippen molar-refractivity contribution in [2.75, 3.05) is 40.1 Å². The van der Waals surface area contributed by atoms with Gasteiger partial charge < -0.3 is 19.2 Å². The second kappa shape index (κ2) is 8.72. The molecule has 1 fully saturated rings. The number of benzene rings is 1. The molecule has 0 bridgehead atoms. The minimum atomic E-state index is -0.421. The van der Waals surface area contributed by atoms with Crippen LogP contribution >= 0.6 is 0 Å². The molecule has 0 saturated carbocycles. The molecule has 2 aliphatic rings. The molecule has 4 rings (SSSR count). The van der Waals surface area contributed by atoms with Crippen molar-refractivity contribution in [2.24, 2.45) is 0 Å². The summed E-state index contributed by atoms with van der Waals surface area (Å²) in [5.41, 5.74) is 3.45. The zero-order valence-electron chi connectivity index (χ0n) is 18.5. The van der Waals surface area contributed by atoms with E-state index in [9.17, 15) is 9.59 Å². The fourth-order valence-electron chi connectivity index (χ4n) is 4.39. The van der Waals surface area contributed by atoms with Crippen LogP contribution in [0.5, 0.6) is 11.5 Å². The van der Waals surface area contributed by atoms with Crippen molar-refractivity contribution in [3.8, 4) is 11.5 Å². The van der Waals surface area contributed by atoms with E-state index in [2.05, 4.69) is 20.9 Å². The Labute approximate surface area is 182 Å². The molecule has 0 aliphatic carbocycles. The van der Waals surface area contributed by atoms with Crippen LogP contribution in [0.2, 0.25) is 0 Å². The van der Waals surface area contributed by atoms with E-state index in [4.69, 9.17) is 14.2 Å². The molecular formula is C23H29N3O5. The van der Waals surface area contributed by atoms with Crippen LogP contribution in [0.3, 0.4) is 0 Å². The number of carbonyl (C=O) groups excluding carboxylic acids is 2. The summed E-state index contributed by atoms with van der Waals surface area (Å²) in [6, 6.07) is 5.80. The molecule has 0 spiro atoms. The van der Waals surface area contributed by atoms with Crippen molar-refractivity contribution >= 4 is 11.8 Å². The fourth-order valence-corrected chi connectivity index (χ4v) is 4.39. The second-order valence-electron chi connectivity index (χ2n) is 8.16. The van der Waals surface area contributed by atoms with E-state index >= 15 is 0 Å². The Hall–Kier alpha value is -2.84. The number of esters is 1. The summed E-state index contributed by atoms with van der Waals surface area (Å²) < 4.78 is 15.7. The highest BCUT2D eigenvalue weighted by atomic mass is 16.7. The minimum Gasteiger partial charge on any atom is -0.465 e. The predicted octanol–water partition coefficient (Wildman–Crippen LogP) is 2.54. The van der Waals surface area contributed by atoms with E-state index in [1.807, 2.05) is 19.1 Å². The number of nitrogens with zero attached hydrogens (tertiary/aromatic N) is 2. The van der Waals surface area contributed by atoms with E-state index in [0.29, 0.717) is 22.5 Å². The number of hydrogen-bond acceptors (Lipinski definition) is 7. The molecule has 8 nitrogen and oxygen atoms in total. The lowest BCUT2D eigenvalue weighted by Crippen LogP contribution is -2.51. The van der Waals surface area contributed by atoms with Crippen LogP contribution in [0, 0.1) is 13.8 Å². The van der Waals surface area contributed by atoms with Crippen molar-refractivity contribution in [3.63, 3.8) is 0 Å². The normalized spacial score (nSPS) is 17.5. The minimum absolute atomic E-state index is 0.0000241. The van der Waals surface area contributed by atoms with Crippen LogP contribution in [0.15, 0.2) is 18.2 Å². The van der Waals surface area contributed by atoms with Crippen molar-refractivity contribution in [1.82, 2.24) is 14.8 Å². The molecule has 2 aliphatic heterocycles. The van der Waals surface area contributed by atoms with Gasteiger partial charge in [-0.2, -0.15) is 0 Å². The average molecular weight is 428 g/mol. The fraction of sp³-hybridized carbons (Fsp3) is 0.478. The maximum atomic E-state index is 13.2. The Bertz CT molecular complexity index is 991. The van der Waals surface area contributed by atoms with Gasteiger partial charge in [-0.15, -0.1) is 0 Å². The number of piperazine rings is 1. The molecule has 1 atom stereocenters. The van der Waals surface area contributed by atoms with Gasteiger partial charge in [0.2, 0.25) is 6.79 Å². The average Bonchev–Trinajstić information content (AvgIpc) is 3.36. The number of ether oxygens (including phenoxy) is 3. The van der Waals surface area contributed by atoms with Crippen molar-refractivity contribution < 1.29 is 23.8 Å². The molecule has 8 heteroatoms. The maximum Gasteiger partial charge on any atom is 0.339 e. The van der Waals surface area contributed by atoms with Crippen LogP contribution in [-0.2, 0) is 11.3 Å². The largest absolute Gasteiger partial charge is 0.465 e. The molecule has 2 aromatic rings. The number of carbonyl (C=O) groups is 2. The van der Waals surface area contributed by atoms with Crippen molar-refractivity contribution in [2.45, 2.75) is 33.4 Å². The van der Waals surface area contributed by atoms with Gasteiger partial charge in [0.15, 0.2) is 17.3 Å². The molecule has 3 heterocycles. The van der Waals surface area contributed by atoms with Gasteiger partial charge in [-0.3, -0.25) is 14.6 Å². The standard InChI is InChI=1S/C23H29N3O5/c1-14-20(23(28)29-4)15(2)24-21(14)22(27)16(3)26-9-7-25(8-10-26)12-17-5-6-18-19(11-17)31-13-30-18/h5-6,11,16,24H,7-10,12-13H2,1-4H3/t16-/m0/s1. The summed E-state index contributed by atoms with van der Waals surface area (Å²) >= 11 is 0. The molecule has 1 aromatic carbocycles. The highest BCUT2D eigenvalue weighted by Gasteiger charge is 2.30. The Balaban J connectivity index is 1.36. The summed E-state index contributed by atoms with van der Waals surface area (Å²) in [5.74, 6) is 1.18. The number of methoxy groups -OCH3 is 1. The van der Waals surface area contributed by atoms with Crippen molar-refractivity contribution in [3.05, 3.63) is 46.3 Å². The third kappa shape index (κ3) is 4.18. The maximum absolute atomic E-state index is 13.2. The first-order valence-corrected chi connectivity index (χ1v) is 10.6. The summed E-state index contributed by atoms with van der Waals surface area (Å²) in [6.07, 6.45) is 0. The number of H-pyrrole nitrogens is 1. The third-order valence-electron chi connectivity index (χ3n) is 6.25. The van der Waals surface area contributed by atoms with Gasteiger partial charge in [-0.05, 0) is 44.0 Å². The van der Waals surface area contributed by atoms with E-state index < -0.39 is 5.97 Å². The SMILES string of the molecule is COC(=O)c1c(C)[nH]c(C(=O)[C@H](C)N2CCN(Cc3ccc4c(c3)OCO4)CC2)c1C. The number of fused-ring (bicyclic) bond motifs is 1. The first-order valence-electron chi connectivity index (χ1n) is 10.6.